The third-order valence-corrected chi connectivity index (χ3v) is 6.49. The van der Waals surface area contributed by atoms with Gasteiger partial charge in [0.05, 0.1) is 29.8 Å². The second kappa shape index (κ2) is 10.0. The van der Waals surface area contributed by atoms with E-state index < -0.39 is 15.9 Å². The molecule has 32 heavy (non-hydrogen) atoms. The van der Waals surface area contributed by atoms with E-state index in [0.29, 0.717) is 27.8 Å². The highest BCUT2D eigenvalue weighted by molar-refractivity contribution is 7.89. The molecule has 0 bridgehead atoms. The minimum atomic E-state index is -3.83. The molecule has 3 aromatic carbocycles. The fraction of sp³-hybridized carbons (Fsp3) is 0.174. The normalized spacial score (nSPS) is 11.1. The van der Waals surface area contributed by atoms with E-state index in [0.717, 1.165) is 5.56 Å². The molecule has 3 rings (SSSR count). The Morgan fingerprint density at radius 1 is 0.969 bits per heavy atom. The molecule has 0 saturated carbocycles. The van der Waals surface area contributed by atoms with Crippen molar-refractivity contribution >= 4 is 33.2 Å². The van der Waals surface area contributed by atoms with E-state index in [2.05, 4.69) is 10.0 Å². The third kappa shape index (κ3) is 5.40. The maximum Gasteiger partial charge on any atom is 0.256 e. The van der Waals surface area contributed by atoms with Gasteiger partial charge in [-0.1, -0.05) is 48.0 Å². The molecular weight excluding hydrogens is 452 g/mol. The number of nitrogens with one attached hydrogen (secondary N) is 2. The average Bonchev–Trinajstić information content (AvgIpc) is 2.79. The molecule has 7 nitrogen and oxygen atoms in total. The summed E-state index contributed by atoms with van der Waals surface area (Å²) in [6.45, 7) is 1.86. The van der Waals surface area contributed by atoms with Crippen molar-refractivity contribution in [2.75, 3.05) is 19.5 Å². The van der Waals surface area contributed by atoms with Crippen LogP contribution in [0.2, 0.25) is 5.02 Å². The van der Waals surface area contributed by atoms with Crippen LogP contribution in [0.5, 0.6) is 11.5 Å². The molecule has 168 valence electrons. The minimum Gasteiger partial charge on any atom is -0.495 e. The van der Waals surface area contributed by atoms with Crippen LogP contribution in [-0.2, 0) is 16.6 Å². The van der Waals surface area contributed by atoms with Crippen LogP contribution in [0.3, 0.4) is 0 Å². The minimum absolute atomic E-state index is 0.00941. The van der Waals surface area contributed by atoms with E-state index in [-0.39, 0.29) is 17.0 Å². The number of rotatable bonds is 8. The molecule has 1 amide bonds. The number of carbonyl (C=O) groups excluding carboxylic acids is 1. The lowest BCUT2D eigenvalue weighted by molar-refractivity contribution is 0.102. The molecule has 3 aromatic rings. The first-order valence-electron chi connectivity index (χ1n) is 9.62. The predicted molar refractivity (Wildman–Crippen MR) is 124 cm³/mol. The summed E-state index contributed by atoms with van der Waals surface area (Å²) in [4.78, 5) is 13.0. The molecule has 0 unspecified atom stereocenters. The first-order chi connectivity index (χ1) is 15.2. The predicted octanol–water partition coefficient (Wildman–Crippen LogP) is 4.40. The van der Waals surface area contributed by atoms with Gasteiger partial charge < -0.3 is 14.8 Å². The Kier molecular flexibility index (Phi) is 7.40. The molecule has 0 saturated heterocycles. The summed E-state index contributed by atoms with van der Waals surface area (Å²) in [6, 6.07) is 16.6. The fourth-order valence-electron chi connectivity index (χ4n) is 3.02. The molecule has 0 aliphatic rings. The number of anilines is 1. The Balaban J connectivity index is 1.86. The maximum atomic E-state index is 13.0. The molecule has 0 radical (unpaired) electrons. The average molecular weight is 475 g/mol. The number of amides is 1. The van der Waals surface area contributed by atoms with Crippen LogP contribution in [0.15, 0.2) is 65.6 Å². The smallest absolute Gasteiger partial charge is 0.256 e. The summed E-state index contributed by atoms with van der Waals surface area (Å²) in [7, 11) is -0.918. The zero-order valence-corrected chi connectivity index (χ0v) is 19.4. The van der Waals surface area contributed by atoms with Crippen molar-refractivity contribution in [1.82, 2.24) is 4.72 Å². The summed E-state index contributed by atoms with van der Waals surface area (Å²) in [5.74, 6) is 0.210. The Morgan fingerprint density at radius 3 is 2.31 bits per heavy atom. The number of ether oxygens (including phenoxy) is 2. The third-order valence-electron chi connectivity index (χ3n) is 4.80. The van der Waals surface area contributed by atoms with Crippen LogP contribution in [0, 0.1) is 6.92 Å². The lowest BCUT2D eigenvalue weighted by Gasteiger charge is -2.15. The highest BCUT2D eigenvalue weighted by Gasteiger charge is 2.20. The molecule has 0 spiro atoms. The van der Waals surface area contributed by atoms with Gasteiger partial charge >= 0.3 is 0 Å². The summed E-state index contributed by atoms with van der Waals surface area (Å²) >= 11 is 6.11. The summed E-state index contributed by atoms with van der Waals surface area (Å²) in [5, 5.41) is 3.07. The van der Waals surface area contributed by atoms with Crippen molar-refractivity contribution in [3.63, 3.8) is 0 Å². The van der Waals surface area contributed by atoms with Crippen LogP contribution >= 0.6 is 11.6 Å². The zero-order valence-electron chi connectivity index (χ0n) is 17.8. The number of methoxy groups -OCH3 is 2. The largest absolute Gasteiger partial charge is 0.495 e. The van der Waals surface area contributed by atoms with Crippen molar-refractivity contribution in [1.29, 1.82) is 0 Å². The van der Waals surface area contributed by atoms with Gasteiger partial charge in [-0.3, -0.25) is 4.79 Å². The topological polar surface area (TPSA) is 93.7 Å². The molecule has 0 atom stereocenters. The number of hydrogen-bond donors (Lipinski definition) is 2. The van der Waals surface area contributed by atoms with Gasteiger partial charge in [-0.2, -0.15) is 0 Å². The number of halogens is 1. The van der Waals surface area contributed by atoms with Crippen LogP contribution < -0.4 is 19.5 Å². The SMILES string of the molecule is COc1cc(NC(=O)c2cc(S(=O)(=O)NCc3ccccc3)ccc2C)c(OC)cc1Cl. The van der Waals surface area contributed by atoms with Crippen LogP contribution in [0.1, 0.15) is 21.5 Å². The summed E-state index contributed by atoms with van der Waals surface area (Å²) < 4.78 is 38.6. The Bertz CT molecular complexity index is 1230. The van der Waals surface area contributed by atoms with E-state index >= 15 is 0 Å². The second-order valence-corrected chi connectivity index (χ2v) is 9.10. The fourth-order valence-corrected chi connectivity index (χ4v) is 4.29. The molecule has 2 N–H and O–H groups in total. The summed E-state index contributed by atoms with van der Waals surface area (Å²) in [6.07, 6.45) is 0. The van der Waals surface area contributed by atoms with E-state index in [4.69, 9.17) is 21.1 Å². The number of hydrogen-bond acceptors (Lipinski definition) is 5. The van der Waals surface area contributed by atoms with E-state index in [1.165, 1.54) is 38.5 Å². The monoisotopic (exact) mass is 474 g/mol. The van der Waals surface area contributed by atoms with Crippen molar-refractivity contribution < 1.29 is 22.7 Å². The first-order valence-corrected chi connectivity index (χ1v) is 11.5. The van der Waals surface area contributed by atoms with Crippen molar-refractivity contribution in [3.05, 3.63) is 82.4 Å². The first kappa shape index (κ1) is 23.6. The summed E-state index contributed by atoms with van der Waals surface area (Å²) in [5.41, 5.74) is 1.99. The molecule has 0 fully saturated rings. The quantitative estimate of drug-likeness (QED) is 0.504. The Labute approximate surface area is 192 Å². The second-order valence-electron chi connectivity index (χ2n) is 6.93. The van der Waals surface area contributed by atoms with Gasteiger partial charge in [0.1, 0.15) is 11.5 Å². The van der Waals surface area contributed by atoms with E-state index in [1.807, 2.05) is 30.3 Å². The molecule has 0 aromatic heterocycles. The molecule has 0 aliphatic heterocycles. The van der Waals surface area contributed by atoms with E-state index in [9.17, 15) is 13.2 Å². The van der Waals surface area contributed by atoms with Gasteiger partial charge in [0.25, 0.3) is 5.91 Å². The molecule has 0 aliphatic carbocycles. The number of aryl methyl sites for hydroxylation is 1. The van der Waals surface area contributed by atoms with Gasteiger partial charge in [0.15, 0.2) is 0 Å². The number of sulfonamides is 1. The van der Waals surface area contributed by atoms with E-state index in [1.54, 1.807) is 13.0 Å². The van der Waals surface area contributed by atoms with Gasteiger partial charge in [-0.05, 0) is 30.2 Å². The van der Waals surface area contributed by atoms with Crippen LogP contribution in [0.25, 0.3) is 0 Å². The standard InChI is InChI=1S/C23H23ClN2O5S/c1-15-9-10-17(32(28,29)25-14-16-7-5-4-6-8-16)11-18(15)23(27)26-20-13-21(30-2)19(24)12-22(20)31-3/h4-13,25H,14H2,1-3H3,(H,26,27). The Morgan fingerprint density at radius 2 is 1.66 bits per heavy atom. The van der Waals surface area contributed by atoms with Crippen LogP contribution in [-0.4, -0.2) is 28.5 Å². The highest BCUT2D eigenvalue weighted by Crippen LogP contribution is 2.36. The van der Waals surface area contributed by atoms with Crippen molar-refractivity contribution in [2.45, 2.75) is 18.4 Å². The van der Waals surface area contributed by atoms with Gasteiger partial charge in [0.2, 0.25) is 10.0 Å². The van der Waals surface area contributed by atoms with Crippen LogP contribution in [0.4, 0.5) is 5.69 Å². The molecule has 9 heteroatoms. The molecular formula is C23H23ClN2O5S. The van der Waals surface area contributed by atoms with Gasteiger partial charge in [0, 0.05) is 24.2 Å². The van der Waals surface area contributed by atoms with Crippen molar-refractivity contribution in [2.24, 2.45) is 0 Å². The van der Waals surface area contributed by atoms with Gasteiger partial charge in [-0.15, -0.1) is 0 Å². The number of benzene rings is 3. The zero-order chi connectivity index (χ0) is 23.3. The Hall–Kier alpha value is -3.07. The lowest BCUT2D eigenvalue weighted by Crippen LogP contribution is -2.24. The lowest BCUT2D eigenvalue weighted by atomic mass is 10.1. The van der Waals surface area contributed by atoms with Gasteiger partial charge in [-0.25, -0.2) is 13.1 Å². The molecule has 0 heterocycles. The van der Waals surface area contributed by atoms with Crippen molar-refractivity contribution in [3.8, 4) is 11.5 Å². The highest BCUT2D eigenvalue weighted by atomic mass is 35.5. The number of carbonyl (C=O) groups is 1. The maximum absolute atomic E-state index is 13.0.